The van der Waals surface area contributed by atoms with Crippen molar-refractivity contribution in [3.63, 3.8) is 0 Å². The molecule has 0 saturated carbocycles. The fourth-order valence-electron chi connectivity index (χ4n) is 0.839. The molecule has 0 saturated heterocycles. The molecule has 0 spiro atoms. The summed E-state index contributed by atoms with van der Waals surface area (Å²) in [4.78, 5) is 11.2. The molecule has 4 nitrogen and oxygen atoms in total. The lowest BCUT2D eigenvalue weighted by molar-refractivity contribution is -0.123. The van der Waals surface area contributed by atoms with Crippen molar-refractivity contribution in [2.75, 3.05) is 0 Å². The van der Waals surface area contributed by atoms with Crippen LogP contribution in [0.5, 0.6) is 0 Å². The van der Waals surface area contributed by atoms with Gasteiger partial charge >= 0.3 is 0 Å². The zero-order valence-corrected chi connectivity index (χ0v) is 9.17. The Morgan fingerprint density at radius 1 is 1.86 bits per heavy atom. The lowest BCUT2D eigenvalue weighted by atomic mass is 10.2. The summed E-state index contributed by atoms with van der Waals surface area (Å²) in [6.07, 6.45) is 1.54. The maximum Gasteiger partial charge on any atom is 0.237 e. The molecule has 1 N–H and O–H groups in total. The van der Waals surface area contributed by atoms with Gasteiger partial charge in [-0.1, -0.05) is 0 Å². The fraction of sp³-hybridized carbons (Fsp3) is 0.333. The molecule has 0 aliphatic heterocycles. The summed E-state index contributed by atoms with van der Waals surface area (Å²) < 4.78 is 5.60. The van der Waals surface area contributed by atoms with Crippen LogP contribution in [0.1, 0.15) is 12.5 Å². The quantitative estimate of drug-likeness (QED) is 0.898. The van der Waals surface area contributed by atoms with Gasteiger partial charge in [-0.05, 0) is 28.9 Å². The van der Waals surface area contributed by atoms with Gasteiger partial charge in [0.15, 0.2) is 4.67 Å². The highest BCUT2D eigenvalue weighted by molar-refractivity contribution is 9.10. The molecule has 74 valence electrons. The molecule has 0 aromatic carbocycles. The van der Waals surface area contributed by atoms with Gasteiger partial charge in [-0.3, -0.25) is 4.79 Å². The molecule has 1 unspecified atom stereocenters. The topological polar surface area (TPSA) is 66.0 Å². The molecule has 14 heavy (non-hydrogen) atoms. The summed E-state index contributed by atoms with van der Waals surface area (Å²) in [7, 11) is 0. The second kappa shape index (κ2) is 4.82. The van der Waals surface area contributed by atoms with Crippen molar-refractivity contribution >= 4 is 21.8 Å². The van der Waals surface area contributed by atoms with E-state index in [1.54, 1.807) is 19.3 Å². The predicted octanol–water partition coefficient (Wildman–Crippen LogP) is 1.82. The molecule has 0 aliphatic carbocycles. The SMILES string of the molecule is CC(C#N)C(=O)NCc1coc(Br)c1. The molecular weight excluding hydrogens is 248 g/mol. The number of furan rings is 1. The van der Waals surface area contributed by atoms with Crippen molar-refractivity contribution in [3.05, 3.63) is 22.6 Å². The van der Waals surface area contributed by atoms with Gasteiger partial charge in [0.2, 0.25) is 5.91 Å². The van der Waals surface area contributed by atoms with E-state index >= 15 is 0 Å². The number of nitrogens with zero attached hydrogens (tertiary/aromatic N) is 1. The first-order chi connectivity index (χ1) is 6.63. The fourth-order valence-corrected chi connectivity index (χ4v) is 1.23. The summed E-state index contributed by atoms with van der Waals surface area (Å²) in [6.45, 7) is 1.93. The number of hydrogen-bond acceptors (Lipinski definition) is 3. The van der Waals surface area contributed by atoms with E-state index in [9.17, 15) is 4.79 Å². The first-order valence-corrected chi connectivity index (χ1v) is 4.83. The molecule has 1 amide bonds. The average molecular weight is 257 g/mol. The lowest BCUT2D eigenvalue weighted by Gasteiger charge is -2.03. The highest BCUT2D eigenvalue weighted by Crippen LogP contribution is 2.13. The second-order valence-corrected chi connectivity index (χ2v) is 3.61. The van der Waals surface area contributed by atoms with E-state index in [0.717, 1.165) is 5.56 Å². The number of nitriles is 1. The molecule has 1 aromatic rings. The van der Waals surface area contributed by atoms with E-state index < -0.39 is 5.92 Å². The zero-order chi connectivity index (χ0) is 10.6. The average Bonchev–Trinajstić information content (AvgIpc) is 2.59. The van der Waals surface area contributed by atoms with Crippen LogP contribution in [-0.2, 0) is 11.3 Å². The van der Waals surface area contributed by atoms with Gasteiger partial charge in [-0.15, -0.1) is 0 Å². The van der Waals surface area contributed by atoms with Crippen molar-refractivity contribution in [1.29, 1.82) is 5.26 Å². The highest BCUT2D eigenvalue weighted by atomic mass is 79.9. The largest absolute Gasteiger partial charge is 0.457 e. The number of rotatable bonds is 3. The van der Waals surface area contributed by atoms with E-state index in [1.165, 1.54) is 0 Å². The Hall–Kier alpha value is -1.28. The van der Waals surface area contributed by atoms with Gasteiger partial charge in [-0.25, -0.2) is 0 Å². The van der Waals surface area contributed by atoms with Crippen molar-refractivity contribution in [1.82, 2.24) is 5.32 Å². The summed E-state index contributed by atoms with van der Waals surface area (Å²) in [6, 6.07) is 3.62. The molecule has 1 heterocycles. The minimum atomic E-state index is -0.620. The van der Waals surface area contributed by atoms with E-state index in [4.69, 9.17) is 9.68 Å². The maximum atomic E-state index is 11.2. The van der Waals surface area contributed by atoms with Gasteiger partial charge in [-0.2, -0.15) is 5.26 Å². The van der Waals surface area contributed by atoms with Crippen LogP contribution in [0.2, 0.25) is 0 Å². The highest BCUT2D eigenvalue weighted by Gasteiger charge is 2.10. The molecule has 5 heteroatoms. The van der Waals surface area contributed by atoms with Crippen LogP contribution in [0.15, 0.2) is 21.4 Å². The van der Waals surface area contributed by atoms with Crippen LogP contribution in [0.4, 0.5) is 0 Å². The molecule has 1 aromatic heterocycles. The smallest absolute Gasteiger partial charge is 0.237 e. The first kappa shape index (κ1) is 10.8. The molecule has 0 bridgehead atoms. The van der Waals surface area contributed by atoms with E-state index in [0.29, 0.717) is 11.2 Å². The normalized spacial score (nSPS) is 11.8. The Labute approximate surface area is 90.0 Å². The van der Waals surface area contributed by atoms with Crippen LogP contribution in [0.3, 0.4) is 0 Å². The Bertz CT molecular complexity index is 367. The molecule has 0 radical (unpaired) electrons. The number of amides is 1. The summed E-state index contributed by atoms with van der Waals surface area (Å²) in [5, 5.41) is 11.1. The van der Waals surface area contributed by atoms with E-state index in [2.05, 4.69) is 21.2 Å². The summed E-state index contributed by atoms with van der Waals surface area (Å²) in [5.41, 5.74) is 0.857. The first-order valence-electron chi connectivity index (χ1n) is 4.03. The minimum absolute atomic E-state index is 0.273. The van der Waals surface area contributed by atoms with Crippen molar-refractivity contribution in [2.24, 2.45) is 5.92 Å². The van der Waals surface area contributed by atoms with Crippen molar-refractivity contribution in [2.45, 2.75) is 13.5 Å². The van der Waals surface area contributed by atoms with Crippen LogP contribution in [-0.4, -0.2) is 5.91 Å². The van der Waals surface area contributed by atoms with Crippen LogP contribution >= 0.6 is 15.9 Å². The Morgan fingerprint density at radius 3 is 3.07 bits per heavy atom. The van der Waals surface area contributed by atoms with E-state index in [-0.39, 0.29) is 5.91 Å². The second-order valence-electron chi connectivity index (χ2n) is 2.83. The lowest BCUT2D eigenvalue weighted by Crippen LogP contribution is -2.27. The molecule has 1 atom stereocenters. The molecule has 0 fully saturated rings. The van der Waals surface area contributed by atoms with Crippen LogP contribution in [0.25, 0.3) is 0 Å². The molecular formula is C9H9BrN2O2. The Balaban J connectivity index is 2.42. The van der Waals surface area contributed by atoms with Gasteiger partial charge in [0.05, 0.1) is 12.3 Å². The van der Waals surface area contributed by atoms with Gasteiger partial charge < -0.3 is 9.73 Å². The van der Waals surface area contributed by atoms with Gasteiger partial charge in [0, 0.05) is 12.1 Å². The number of hydrogen-bond donors (Lipinski definition) is 1. The van der Waals surface area contributed by atoms with E-state index in [1.807, 2.05) is 6.07 Å². The Kier molecular flexibility index (Phi) is 3.72. The number of carbonyl (C=O) groups is 1. The van der Waals surface area contributed by atoms with Gasteiger partial charge in [0.25, 0.3) is 0 Å². The third kappa shape index (κ3) is 2.89. The zero-order valence-electron chi connectivity index (χ0n) is 7.58. The monoisotopic (exact) mass is 256 g/mol. The van der Waals surface area contributed by atoms with Gasteiger partial charge in [0.1, 0.15) is 5.92 Å². The third-order valence-corrected chi connectivity index (χ3v) is 2.09. The van der Waals surface area contributed by atoms with Crippen molar-refractivity contribution < 1.29 is 9.21 Å². The standard InChI is InChI=1S/C9H9BrN2O2/c1-6(3-11)9(13)12-4-7-2-8(10)14-5-7/h2,5-6H,4H2,1H3,(H,12,13). The summed E-state index contributed by atoms with van der Waals surface area (Å²) >= 11 is 3.15. The number of nitrogens with one attached hydrogen (secondary N) is 1. The van der Waals surface area contributed by atoms with Crippen molar-refractivity contribution in [3.8, 4) is 6.07 Å². The minimum Gasteiger partial charge on any atom is -0.457 e. The third-order valence-electron chi connectivity index (χ3n) is 1.68. The van der Waals surface area contributed by atoms with Crippen LogP contribution < -0.4 is 5.32 Å². The number of halogens is 1. The Morgan fingerprint density at radius 2 is 2.57 bits per heavy atom. The summed E-state index contributed by atoms with van der Waals surface area (Å²) in [5.74, 6) is -0.893. The molecule has 1 rings (SSSR count). The number of carbonyl (C=O) groups excluding carboxylic acids is 1. The predicted molar refractivity (Wildman–Crippen MR) is 53.0 cm³/mol. The maximum absolute atomic E-state index is 11.2. The van der Waals surface area contributed by atoms with Crippen LogP contribution in [0, 0.1) is 17.2 Å². The molecule has 0 aliphatic rings.